The molecule has 298 valence electrons. The van der Waals surface area contributed by atoms with Gasteiger partial charge in [0.2, 0.25) is 21.8 Å². The minimum Gasteiger partial charge on any atom is -0.488 e. The van der Waals surface area contributed by atoms with E-state index >= 15 is 0 Å². The molecule has 6 rings (SSSR count). The molecule has 0 bridgehead atoms. The number of benzene rings is 2. The molecule has 5 unspecified atom stereocenters. The first kappa shape index (κ1) is 40.4. The van der Waals surface area contributed by atoms with Crippen molar-refractivity contribution in [3.05, 3.63) is 85.5 Å². The number of amides is 4. The number of hydrogen-bond donors (Lipinski definition) is 3. The molecule has 0 radical (unpaired) electrons. The highest BCUT2D eigenvalue weighted by molar-refractivity contribution is 7.91. The molecule has 3 N–H and O–H groups in total. The molecular formula is C42H51N5O8S. The average Bonchev–Trinajstić information content (AvgIpc) is 4.06. The number of rotatable bonds is 12. The largest absolute Gasteiger partial charge is 0.488 e. The third-order valence-electron chi connectivity index (χ3n) is 10.1. The van der Waals surface area contributed by atoms with E-state index < -0.39 is 79.7 Å². The summed E-state index contributed by atoms with van der Waals surface area (Å²) < 4.78 is 39.8. The van der Waals surface area contributed by atoms with Crippen LogP contribution in [0.5, 0.6) is 5.75 Å². The van der Waals surface area contributed by atoms with Gasteiger partial charge in [0.25, 0.3) is 5.91 Å². The predicted molar refractivity (Wildman–Crippen MR) is 212 cm³/mol. The Morgan fingerprint density at radius 1 is 0.929 bits per heavy atom. The summed E-state index contributed by atoms with van der Waals surface area (Å²) in [5, 5.41) is 4.89. The van der Waals surface area contributed by atoms with Crippen molar-refractivity contribution >= 4 is 33.8 Å². The third kappa shape index (κ3) is 9.23. The molecular weight excluding hydrogens is 735 g/mol. The molecule has 4 amide bonds. The lowest BCUT2D eigenvalue weighted by molar-refractivity contribution is -0.143. The van der Waals surface area contributed by atoms with Crippen LogP contribution in [0.15, 0.2) is 85.5 Å². The lowest BCUT2D eigenvalue weighted by atomic mass is 9.85. The second-order valence-corrected chi connectivity index (χ2v) is 18.9. The van der Waals surface area contributed by atoms with Gasteiger partial charge in [-0.1, -0.05) is 87.5 Å². The SMILES string of the molecule is C=CC1CC1(NC(=O)C1CC(Oc2cc(-c3ccccc3)nc(-c3ccccc3)c2)CN1C(=O)C(NC(=O)OC(C)(C)C)C(C)(C)C)C(=O)NS(=O)(=O)C1CC1. The monoisotopic (exact) mass is 785 g/mol. The van der Waals surface area contributed by atoms with Gasteiger partial charge in [-0.25, -0.2) is 18.2 Å². The van der Waals surface area contributed by atoms with Gasteiger partial charge in [-0.15, -0.1) is 6.58 Å². The van der Waals surface area contributed by atoms with Gasteiger partial charge >= 0.3 is 6.09 Å². The first-order valence-corrected chi connectivity index (χ1v) is 20.4. The number of ether oxygens (including phenoxy) is 2. The van der Waals surface area contributed by atoms with E-state index in [1.807, 2.05) is 72.8 Å². The van der Waals surface area contributed by atoms with Crippen LogP contribution in [0.3, 0.4) is 0 Å². The normalized spacial score (nSPS) is 22.7. The van der Waals surface area contributed by atoms with Gasteiger partial charge < -0.3 is 25.0 Å². The van der Waals surface area contributed by atoms with Crippen LogP contribution in [-0.2, 0) is 29.1 Å². The maximum Gasteiger partial charge on any atom is 0.408 e. The minimum absolute atomic E-state index is 0.0291. The zero-order chi connectivity index (χ0) is 40.6. The van der Waals surface area contributed by atoms with Crippen molar-refractivity contribution in [1.29, 1.82) is 0 Å². The van der Waals surface area contributed by atoms with E-state index in [1.54, 1.807) is 41.5 Å². The van der Waals surface area contributed by atoms with E-state index in [1.165, 1.54) is 11.0 Å². The highest BCUT2D eigenvalue weighted by atomic mass is 32.2. The van der Waals surface area contributed by atoms with Crippen LogP contribution in [0.2, 0.25) is 0 Å². The van der Waals surface area contributed by atoms with E-state index in [0.717, 1.165) is 11.1 Å². The molecule has 1 aliphatic heterocycles. The number of sulfonamides is 1. The number of carbonyl (C=O) groups is 4. The van der Waals surface area contributed by atoms with Crippen molar-refractivity contribution in [3.8, 4) is 28.3 Å². The number of hydrogen-bond acceptors (Lipinski definition) is 9. The number of pyridine rings is 1. The summed E-state index contributed by atoms with van der Waals surface area (Å²) in [5.74, 6) is -2.12. The van der Waals surface area contributed by atoms with Gasteiger partial charge in [0.1, 0.15) is 35.1 Å². The molecule has 2 heterocycles. The van der Waals surface area contributed by atoms with Crippen LogP contribution in [0.25, 0.3) is 22.5 Å². The summed E-state index contributed by atoms with van der Waals surface area (Å²) in [6, 6.07) is 20.6. The van der Waals surface area contributed by atoms with Crippen molar-refractivity contribution in [2.75, 3.05) is 6.54 Å². The summed E-state index contributed by atoms with van der Waals surface area (Å²) in [6.45, 7) is 14.3. The lowest BCUT2D eigenvalue weighted by Crippen LogP contribution is -2.60. The number of alkyl carbamates (subject to hydrolysis) is 1. The molecule has 3 aliphatic rings. The second kappa shape index (κ2) is 15.4. The Morgan fingerprint density at radius 3 is 1.98 bits per heavy atom. The van der Waals surface area contributed by atoms with E-state index in [9.17, 15) is 27.6 Å². The lowest BCUT2D eigenvalue weighted by Gasteiger charge is -2.36. The molecule has 56 heavy (non-hydrogen) atoms. The quantitative estimate of drug-likeness (QED) is 0.204. The number of carbonyl (C=O) groups excluding carboxylic acids is 4. The second-order valence-electron chi connectivity index (χ2n) is 16.9. The number of nitrogens with one attached hydrogen (secondary N) is 3. The van der Waals surface area contributed by atoms with E-state index in [-0.39, 0.29) is 19.4 Å². The van der Waals surface area contributed by atoms with Crippen LogP contribution >= 0.6 is 0 Å². The van der Waals surface area contributed by atoms with Gasteiger partial charge in [0, 0.05) is 35.6 Å². The third-order valence-corrected chi connectivity index (χ3v) is 11.9. The summed E-state index contributed by atoms with van der Waals surface area (Å²) >= 11 is 0. The number of likely N-dealkylation sites (tertiary alicyclic amines) is 1. The Morgan fingerprint density at radius 2 is 1.50 bits per heavy atom. The highest BCUT2D eigenvalue weighted by Crippen LogP contribution is 2.45. The fraction of sp³-hybridized carbons (Fsp3) is 0.452. The first-order valence-electron chi connectivity index (χ1n) is 18.9. The van der Waals surface area contributed by atoms with Crippen LogP contribution in [0.1, 0.15) is 67.2 Å². The maximum absolute atomic E-state index is 14.6. The topological polar surface area (TPSA) is 173 Å². The van der Waals surface area contributed by atoms with Crippen LogP contribution < -0.4 is 20.1 Å². The van der Waals surface area contributed by atoms with Crippen molar-refractivity contribution in [1.82, 2.24) is 25.2 Å². The molecule has 5 atom stereocenters. The fourth-order valence-electron chi connectivity index (χ4n) is 6.91. The Kier molecular flexibility index (Phi) is 11.1. The fourth-order valence-corrected chi connectivity index (χ4v) is 8.28. The Bertz CT molecular complexity index is 2040. The van der Waals surface area contributed by atoms with E-state index in [2.05, 4.69) is 21.9 Å². The number of nitrogens with zero attached hydrogens (tertiary/aromatic N) is 2. The molecule has 2 saturated carbocycles. The summed E-state index contributed by atoms with van der Waals surface area (Å²) in [6.07, 6.45) is 1.08. The molecule has 13 nitrogen and oxygen atoms in total. The Balaban J connectivity index is 1.32. The molecule has 14 heteroatoms. The summed E-state index contributed by atoms with van der Waals surface area (Å²) in [5.41, 5.74) is -0.162. The molecule has 3 aromatic rings. The highest BCUT2D eigenvalue weighted by Gasteiger charge is 2.62. The van der Waals surface area contributed by atoms with Crippen molar-refractivity contribution in [3.63, 3.8) is 0 Å². The van der Waals surface area contributed by atoms with Crippen LogP contribution in [0.4, 0.5) is 4.79 Å². The zero-order valence-electron chi connectivity index (χ0n) is 32.7. The molecule has 2 aromatic carbocycles. The minimum atomic E-state index is -3.91. The van der Waals surface area contributed by atoms with E-state index in [0.29, 0.717) is 30.0 Å². The smallest absolute Gasteiger partial charge is 0.408 e. The number of aromatic nitrogens is 1. The standard InChI is InChI=1S/C42H51N5O8S/c1-8-28-24-42(28,38(50)46-56(52,53)31-19-20-31)45-36(48)34-23-30(25-47(34)37(49)35(40(2,3)4)44-39(51)55-41(5,6)7)54-29-21-32(26-15-11-9-12-16-26)43-33(22-29)27-17-13-10-14-18-27/h8-18,21-22,28,30-31,34-35H,1,19-20,23-25H2,2-7H3,(H,44,51)(H,45,48)(H,46,50). The zero-order valence-corrected chi connectivity index (χ0v) is 33.5. The van der Waals surface area contributed by atoms with Crippen LogP contribution in [-0.4, -0.2) is 83.2 Å². The summed E-state index contributed by atoms with van der Waals surface area (Å²) in [4.78, 5) is 61.9. The van der Waals surface area contributed by atoms with Gasteiger partial charge in [-0.3, -0.25) is 19.1 Å². The molecule has 1 saturated heterocycles. The first-order chi connectivity index (χ1) is 26.3. The van der Waals surface area contributed by atoms with Crippen molar-refractivity contribution in [2.45, 2.75) is 102 Å². The summed E-state index contributed by atoms with van der Waals surface area (Å²) in [7, 11) is -3.91. The Hall–Kier alpha value is -5.24. The van der Waals surface area contributed by atoms with Gasteiger partial charge in [0.05, 0.1) is 23.2 Å². The molecule has 2 aliphatic carbocycles. The molecule has 1 aromatic heterocycles. The van der Waals surface area contributed by atoms with Gasteiger partial charge in [0.15, 0.2) is 0 Å². The molecule has 3 fully saturated rings. The maximum atomic E-state index is 14.6. The average molecular weight is 786 g/mol. The van der Waals surface area contributed by atoms with E-state index in [4.69, 9.17) is 14.5 Å². The molecule has 0 spiro atoms. The van der Waals surface area contributed by atoms with Crippen molar-refractivity contribution < 1.29 is 37.1 Å². The Labute approximate surface area is 328 Å². The van der Waals surface area contributed by atoms with Crippen LogP contribution in [0, 0.1) is 11.3 Å². The van der Waals surface area contributed by atoms with Gasteiger partial charge in [-0.2, -0.15) is 0 Å². The van der Waals surface area contributed by atoms with Crippen molar-refractivity contribution in [2.24, 2.45) is 11.3 Å². The van der Waals surface area contributed by atoms with Gasteiger partial charge in [-0.05, 0) is 45.4 Å². The predicted octanol–water partition coefficient (Wildman–Crippen LogP) is 5.37.